The predicted octanol–water partition coefficient (Wildman–Crippen LogP) is 1.55. The molecule has 1 aromatic heterocycles. The fourth-order valence-corrected chi connectivity index (χ4v) is 1.97. The van der Waals surface area contributed by atoms with Gasteiger partial charge in [0.25, 0.3) is 0 Å². The number of carbonyl (C=O) groups excluding carboxylic acids is 1. The molecule has 1 amide bonds. The van der Waals surface area contributed by atoms with E-state index >= 15 is 0 Å². The quantitative estimate of drug-likeness (QED) is 0.820. The van der Waals surface area contributed by atoms with E-state index in [2.05, 4.69) is 22.5 Å². The molecular formula is C12H16FN3O. The Morgan fingerprint density at radius 1 is 1.59 bits per heavy atom. The average Bonchev–Trinajstić information content (AvgIpc) is 2.32. The lowest BCUT2D eigenvalue weighted by Gasteiger charge is -2.27. The van der Waals surface area contributed by atoms with Crippen LogP contribution in [0.3, 0.4) is 0 Å². The van der Waals surface area contributed by atoms with Crippen molar-refractivity contribution in [1.29, 1.82) is 0 Å². The van der Waals surface area contributed by atoms with E-state index in [1.54, 1.807) is 0 Å². The van der Waals surface area contributed by atoms with E-state index in [9.17, 15) is 9.18 Å². The first kappa shape index (κ1) is 12.0. The van der Waals surface area contributed by atoms with Crippen LogP contribution >= 0.6 is 0 Å². The Balaban J connectivity index is 1.94. The Hall–Kier alpha value is -1.49. The number of anilines is 1. The third kappa shape index (κ3) is 3.23. The van der Waals surface area contributed by atoms with Crippen LogP contribution in [0, 0.1) is 11.7 Å². The maximum absolute atomic E-state index is 12.6. The second kappa shape index (κ2) is 5.23. The summed E-state index contributed by atoms with van der Waals surface area (Å²) in [6.07, 6.45) is 3.01. The van der Waals surface area contributed by atoms with Crippen LogP contribution in [0.5, 0.6) is 0 Å². The van der Waals surface area contributed by atoms with Crippen molar-refractivity contribution in [3.63, 3.8) is 0 Å². The molecule has 1 aromatic rings. The summed E-state index contributed by atoms with van der Waals surface area (Å²) in [5.74, 6) is 0.424. The largest absolute Gasteiger partial charge is 0.309 e. The van der Waals surface area contributed by atoms with Gasteiger partial charge < -0.3 is 10.6 Å². The molecule has 2 atom stereocenters. The fraction of sp³-hybridized carbons (Fsp3) is 0.500. The fourth-order valence-electron chi connectivity index (χ4n) is 1.97. The number of rotatable bonds is 2. The number of nitrogens with one attached hydrogen (secondary N) is 2. The van der Waals surface area contributed by atoms with Crippen molar-refractivity contribution in [3.05, 3.63) is 24.1 Å². The standard InChI is InChI=1S/C12H16FN3O/c1-8-4-5-14-10(6-8)12(17)16-11-3-2-9(13)7-15-11/h2-3,7-8,10,14H,4-6H2,1H3,(H,15,16,17). The molecule has 2 rings (SSSR count). The van der Waals surface area contributed by atoms with Crippen molar-refractivity contribution in [2.75, 3.05) is 11.9 Å². The third-order valence-corrected chi connectivity index (χ3v) is 2.96. The minimum atomic E-state index is -0.410. The van der Waals surface area contributed by atoms with E-state index in [0.29, 0.717) is 11.7 Å². The number of piperidine rings is 1. The van der Waals surface area contributed by atoms with Gasteiger partial charge in [-0.25, -0.2) is 9.37 Å². The molecule has 0 aliphatic carbocycles. The van der Waals surface area contributed by atoms with Crippen LogP contribution in [0.15, 0.2) is 18.3 Å². The first-order chi connectivity index (χ1) is 8.15. The highest BCUT2D eigenvalue weighted by atomic mass is 19.1. The average molecular weight is 237 g/mol. The Kier molecular flexibility index (Phi) is 3.68. The number of nitrogens with zero attached hydrogens (tertiary/aromatic N) is 1. The first-order valence-corrected chi connectivity index (χ1v) is 5.81. The molecule has 1 fully saturated rings. The Morgan fingerprint density at radius 3 is 3.06 bits per heavy atom. The molecule has 0 aromatic carbocycles. The second-order valence-corrected chi connectivity index (χ2v) is 4.49. The lowest BCUT2D eigenvalue weighted by atomic mass is 9.94. The molecule has 1 aliphatic rings. The van der Waals surface area contributed by atoms with Crippen LogP contribution in [-0.2, 0) is 4.79 Å². The molecule has 1 aliphatic heterocycles. The summed E-state index contributed by atoms with van der Waals surface area (Å²) in [5, 5.41) is 5.85. The van der Waals surface area contributed by atoms with E-state index in [1.165, 1.54) is 12.1 Å². The van der Waals surface area contributed by atoms with Gasteiger partial charge in [0, 0.05) is 0 Å². The number of hydrogen-bond acceptors (Lipinski definition) is 3. The van der Waals surface area contributed by atoms with Gasteiger partial charge >= 0.3 is 0 Å². The zero-order chi connectivity index (χ0) is 12.3. The summed E-state index contributed by atoms with van der Waals surface area (Å²) in [4.78, 5) is 15.7. The summed E-state index contributed by atoms with van der Waals surface area (Å²) in [5.41, 5.74) is 0. The number of halogens is 1. The van der Waals surface area contributed by atoms with Crippen LogP contribution in [0.4, 0.5) is 10.2 Å². The Bertz CT molecular complexity index is 393. The summed E-state index contributed by atoms with van der Waals surface area (Å²) < 4.78 is 12.6. The SMILES string of the molecule is CC1CCNC(C(=O)Nc2ccc(F)cn2)C1. The molecule has 0 saturated carbocycles. The predicted molar refractivity (Wildman–Crippen MR) is 63.0 cm³/mol. The van der Waals surface area contributed by atoms with Crippen molar-refractivity contribution in [2.24, 2.45) is 5.92 Å². The van der Waals surface area contributed by atoms with E-state index in [1.807, 2.05) is 0 Å². The maximum atomic E-state index is 12.6. The van der Waals surface area contributed by atoms with Gasteiger partial charge in [-0.15, -0.1) is 0 Å². The molecule has 2 N–H and O–H groups in total. The van der Waals surface area contributed by atoms with Crippen molar-refractivity contribution in [1.82, 2.24) is 10.3 Å². The molecular weight excluding hydrogens is 221 g/mol. The number of pyridine rings is 1. The zero-order valence-corrected chi connectivity index (χ0v) is 9.74. The highest BCUT2D eigenvalue weighted by Gasteiger charge is 2.24. The molecule has 0 spiro atoms. The van der Waals surface area contributed by atoms with Gasteiger partial charge in [-0.05, 0) is 37.4 Å². The Morgan fingerprint density at radius 2 is 2.41 bits per heavy atom. The lowest BCUT2D eigenvalue weighted by molar-refractivity contribution is -0.119. The smallest absolute Gasteiger partial charge is 0.242 e. The highest BCUT2D eigenvalue weighted by Crippen LogP contribution is 2.16. The van der Waals surface area contributed by atoms with Gasteiger partial charge in [0.05, 0.1) is 12.2 Å². The topological polar surface area (TPSA) is 54.0 Å². The van der Waals surface area contributed by atoms with Crippen LogP contribution in [-0.4, -0.2) is 23.5 Å². The summed E-state index contributed by atoms with van der Waals surface area (Å²) in [6.45, 7) is 2.99. The van der Waals surface area contributed by atoms with Crippen LogP contribution in [0.2, 0.25) is 0 Å². The minimum absolute atomic E-state index is 0.101. The van der Waals surface area contributed by atoms with Gasteiger partial charge in [0.15, 0.2) is 0 Å². The van der Waals surface area contributed by atoms with Crippen molar-refractivity contribution >= 4 is 11.7 Å². The van der Waals surface area contributed by atoms with Gasteiger partial charge in [-0.2, -0.15) is 0 Å². The van der Waals surface area contributed by atoms with Gasteiger partial charge in [-0.1, -0.05) is 6.92 Å². The molecule has 92 valence electrons. The van der Waals surface area contributed by atoms with Crippen molar-refractivity contribution in [2.45, 2.75) is 25.8 Å². The van der Waals surface area contributed by atoms with Crippen molar-refractivity contribution in [3.8, 4) is 0 Å². The summed E-state index contributed by atoms with van der Waals surface area (Å²) >= 11 is 0. The number of amides is 1. The van der Waals surface area contributed by atoms with Crippen LogP contribution in [0.1, 0.15) is 19.8 Å². The van der Waals surface area contributed by atoms with E-state index < -0.39 is 5.82 Å². The van der Waals surface area contributed by atoms with E-state index in [0.717, 1.165) is 25.6 Å². The third-order valence-electron chi connectivity index (χ3n) is 2.96. The normalized spacial score (nSPS) is 24.4. The number of hydrogen-bond donors (Lipinski definition) is 2. The van der Waals surface area contributed by atoms with E-state index in [4.69, 9.17) is 0 Å². The molecule has 5 heteroatoms. The molecule has 2 unspecified atom stereocenters. The van der Waals surface area contributed by atoms with Crippen molar-refractivity contribution < 1.29 is 9.18 Å². The summed E-state index contributed by atoms with van der Waals surface area (Å²) in [6, 6.07) is 2.56. The monoisotopic (exact) mass is 237 g/mol. The molecule has 0 bridgehead atoms. The Labute approximate surface area is 99.6 Å². The number of aromatic nitrogens is 1. The second-order valence-electron chi connectivity index (χ2n) is 4.49. The summed E-state index contributed by atoms with van der Waals surface area (Å²) in [7, 11) is 0. The maximum Gasteiger partial charge on any atom is 0.242 e. The van der Waals surface area contributed by atoms with Crippen LogP contribution < -0.4 is 10.6 Å². The van der Waals surface area contributed by atoms with Crippen LogP contribution in [0.25, 0.3) is 0 Å². The van der Waals surface area contributed by atoms with Gasteiger partial charge in [0.2, 0.25) is 5.91 Å². The zero-order valence-electron chi connectivity index (χ0n) is 9.74. The van der Waals surface area contributed by atoms with E-state index in [-0.39, 0.29) is 11.9 Å². The highest BCUT2D eigenvalue weighted by molar-refractivity contribution is 5.94. The first-order valence-electron chi connectivity index (χ1n) is 5.81. The minimum Gasteiger partial charge on any atom is -0.309 e. The molecule has 0 radical (unpaired) electrons. The molecule has 1 saturated heterocycles. The van der Waals surface area contributed by atoms with Gasteiger partial charge in [0.1, 0.15) is 11.6 Å². The van der Waals surface area contributed by atoms with Gasteiger partial charge in [-0.3, -0.25) is 4.79 Å². The molecule has 2 heterocycles. The molecule has 17 heavy (non-hydrogen) atoms. The molecule has 4 nitrogen and oxygen atoms in total. The lowest BCUT2D eigenvalue weighted by Crippen LogP contribution is -2.45. The number of carbonyl (C=O) groups is 1.